The molecule has 0 saturated heterocycles. The van der Waals surface area contributed by atoms with Crippen LogP contribution < -0.4 is 25.3 Å². The molecule has 0 aliphatic carbocycles. The summed E-state index contributed by atoms with van der Waals surface area (Å²) < 4.78 is 15.9. The zero-order valence-electron chi connectivity index (χ0n) is 12.1. The number of methoxy groups -OCH3 is 3. The number of nitrogens with two attached hydrogens (primary N) is 1. The number of guanidine groups is 1. The highest BCUT2D eigenvalue weighted by Gasteiger charge is 2.15. The number of hydrogen-bond donors (Lipinski definition) is 2. The molecule has 0 bridgehead atoms. The second-order valence-corrected chi connectivity index (χ2v) is 3.86. The van der Waals surface area contributed by atoms with Gasteiger partial charge in [0.15, 0.2) is 17.5 Å². The minimum absolute atomic E-state index is 0.349. The third-order valence-corrected chi connectivity index (χ3v) is 2.63. The minimum Gasteiger partial charge on any atom is -0.493 e. The van der Waals surface area contributed by atoms with E-state index in [1.807, 2.05) is 6.07 Å². The van der Waals surface area contributed by atoms with Crippen molar-refractivity contribution >= 4 is 5.96 Å². The van der Waals surface area contributed by atoms with Crippen molar-refractivity contribution in [3.63, 3.8) is 0 Å². The largest absolute Gasteiger partial charge is 0.493 e. The Bertz CT molecular complexity index is 487. The number of nitrogens with one attached hydrogen (secondary N) is 1. The summed E-state index contributed by atoms with van der Waals surface area (Å²) in [6, 6.07) is 3.67. The first-order valence-electron chi connectivity index (χ1n) is 6.10. The van der Waals surface area contributed by atoms with Crippen LogP contribution in [0.25, 0.3) is 0 Å². The van der Waals surface area contributed by atoms with Gasteiger partial charge < -0.3 is 25.3 Å². The molecule has 3 N–H and O–H groups in total. The minimum atomic E-state index is 0.349. The summed E-state index contributed by atoms with van der Waals surface area (Å²) in [6.07, 6.45) is 1.71. The molecule has 0 heterocycles. The Labute approximate surface area is 119 Å². The SMILES string of the molecule is C=CCNC(N)=NCc1ccc(OC)c(OC)c1OC. The second-order valence-electron chi connectivity index (χ2n) is 3.86. The molecule has 0 saturated carbocycles. The van der Waals surface area contributed by atoms with E-state index in [-0.39, 0.29) is 0 Å². The van der Waals surface area contributed by atoms with Gasteiger partial charge in [0.1, 0.15) is 0 Å². The van der Waals surface area contributed by atoms with Crippen LogP contribution in [-0.2, 0) is 6.54 Å². The molecule has 0 amide bonds. The van der Waals surface area contributed by atoms with Crippen molar-refractivity contribution < 1.29 is 14.2 Å². The molecule has 110 valence electrons. The first-order valence-corrected chi connectivity index (χ1v) is 6.10. The van der Waals surface area contributed by atoms with Gasteiger partial charge in [-0.2, -0.15) is 0 Å². The molecule has 6 nitrogen and oxygen atoms in total. The van der Waals surface area contributed by atoms with Crippen LogP contribution in [-0.4, -0.2) is 33.8 Å². The van der Waals surface area contributed by atoms with Crippen molar-refractivity contribution in [1.82, 2.24) is 5.32 Å². The van der Waals surface area contributed by atoms with Crippen molar-refractivity contribution in [1.29, 1.82) is 0 Å². The Morgan fingerprint density at radius 2 is 1.95 bits per heavy atom. The molecular formula is C14H21N3O3. The molecule has 20 heavy (non-hydrogen) atoms. The van der Waals surface area contributed by atoms with Gasteiger partial charge in [-0.15, -0.1) is 6.58 Å². The van der Waals surface area contributed by atoms with Crippen molar-refractivity contribution in [2.45, 2.75) is 6.54 Å². The van der Waals surface area contributed by atoms with Gasteiger partial charge in [0.25, 0.3) is 0 Å². The summed E-state index contributed by atoms with van der Waals surface area (Å²) in [6.45, 7) is 4.54. The summed E-state index contributed by atoms with van der Waals surface area (Å²) in [5.41, 5.74) is 6.58. The van der Waals surface area contributed by atoms with E-state index in [4.69, 9.17) is 19.9 Å². The molecule has 0 unspecified atom stereocenters. The molecule has 0 aliphatic rings. The fourth-order valence-corrected chi connectivity index (χ4v) is 1.69. The topological polar surface area (TPSA) is 78.1 Å². The zero-order valence-corrected chi connectivity index (χ0v) is 12.1. The first-order chi connectivity index (χ1) is 9.67. The molecule has 6 heteroatoms. The molecule has 1 aromatic rings. The number of hydrogen-bond acceptors (Lipinski definition) is 4. The van der Waals surface area contributed by atoms with Gasteiger partial charge in [-0.25, -0.2) is 4.99 Å². The summed E-state index contributed by atoms with van der Waals surface area (Å²) in [7, 11) is 4.71. The normalized spacial score (nSPS) is 10.8. The molecule has 0 fully saturated rings. The van der Waals surface area contributed by atoms with E-state index in [2.05, 4.69) is 16.9 Å². The van der Waals surface area contributed by atoms with Gasteiger partial charge in [0.05, 0.1) is 27.9 Å². The van der Waals surface area contributed by atoms with E-state index in [0.717, 1.165) is 5.56 Å². The Hall–Kier alpha value is -2.37. The predicted octanol–water partition coefficient (Wildman–Crippen LogP) is 1.30. The number of rotatable bonds is 7. The molecule has 0 spiro atoms. The van der Waals surface area contributed by atoms with Crippen LogP contribution in [0.2, 0.25) is 0 Å². The van der Waals surface area contributed by atoms with Gasteiger partial charge >= 0.3 is 0 Å². The maximum absolute atomic E-state index is 5.72. The summed E-state index contributed by atoms with van der Waals surface area (Å²) in [5.74, 6) is 2.09. The summed E-state index contributed by atoms with van der Waals surface area (Å²) in [5, 5.41) is 2.90. The highest BCUT2D eigenvalue weighted by molar-refractivity contribution is 5.78. The summed E-state index contributed by atoms with van der Waals surface area (Å²) >= 11 is 0. The van der Waals surface area contributed by atoms with Crippen LogP contribution >= 0.6 is 0 Å². The molecule has 0 aliphatic heterocycles. The fraction of sp³-hybridized carbons (Fsp3) is 0.357. The number of aliphatic imine (C=N–C) groups is 1. The molecular weight excluding hydrogens is 258 g/mol. The number of nitrogens with zero attached hydrogens (tertiary/aromatic N) is 1. The molecule has 1 rings (SSSR count). The van der Waals surface area contributed by atoms with Crippen molar-refractivity contribution in [3.05, 3.63) is 30.4 Å². The van der Waals surface area contributed by atoms with Crippen LogP contribution in [0.1, 0.15) is 5.56 Å². The lowest BCUT2D eigenvalue weighted by atomic mass is 10.1. The van der Waals surface area contributed by atoms with Gasteiger partial charge in [-0.05, 0) is 12.1 Å². The van der Waals surface area contributed by atoms with E-state index < -0.39 is 0 Å². The third-order valence-electron chi connectivity index (χ3n) is 2.63. The monoisotopic (exact) mass is 279 g/mol. The molecule has 0 radical (unpaired) electrons. The van der Waals surface area contributed by atoms with Crippen molar-refractivity contribution in [2.75, 3.05) is 27.9 Å². The fourth-order valence-electron chi connectivity index (χ4n) is 1.69. The van der Waals surface area contributed by atoms with Crippen molar-refractivity contribution in [2.24, 2.45) is 10.7 Å². The highest BCUT2D eigenvalue weighted by Crippen LogP contribution is 2.39. The van der Waals surface area contributed by atoms with Crippen LogP contribution in [0.15, 0.2) is 29.8 Å². The standard InChI is InChI=1S/C14H21N3O3/c1-5-8-16-14(15)17-9-10-6-7-11(18-2)13(20-4)12(10)19-3/h5-7H,1,8-9H2,2-4H3,(H3,15,16,17). The average Bonchev–Trinajstić information content (AvgIpc) is 2.49. The molecule has 0 aromatic heterocycles. The second kappa shape index (κ2) is 7.93. The van der Waals surface area contributed by atoms with Gasteiger partial charge in [-0.1, -0.05) is 6.08 Å². The van der Waals surface area contributed by atoms with Crippen LogP contribution in [0, 0.1) is 0 Å². The predicted molar refractivity (Wildman–Crippen MR) is 79.6 cm³/mol. The van der Waals surface area contributed by atoms with E-state index in [1.165, 1.54) is 0 Å². The Kier molecular flexibility index (Phi) is 6.22. The maximum atomic E-state index is 5.72. The van der Waals surface area contributed by atoms with Gasteiger partial charge in [0.2, 0.25) is 5.75 Å². The maximum Gasteiger partial charge on any atom is 0.203 e. The lowest BCUT2D eigenvalue weighted by molar-refractivity contribution is 0.322. The quantitative estimate of drug-likeness (QED) is 0.447. The van der Waals surface area contributed by atoms with E-state index >= 15 is 0 Å². The molecule has 1 aromatic carbocycles. The zero-order chi connectivity index (χ0) is 15.0. The van der Waals surface area contributed by atoms with Gasteiger partial charge in [0, 0.05) is 12.1 Å². The highest BCUT2D eigenvalue weighted by atomic mass is 16.5. The smallest absolute Gasteiger partial charge is 0.203 e. The van der Waals surface area contributed by atoms with Crippen molar-refractivity contribution in [3.8, 4) is 17.2 Å². The Morgan fingerprint density at radius 1 is 1.25 bits per heavy atom. The van der Waals surface area contributed by atoms with Crippen LogP contribution in [0.4, 0.5) is 0 Å². The number of benzene rings is 1. The summed E-state index contributed by atoms with van der Waals surface area (Å²) in [4.78, 5) is 4.23. The lowest BCUT2D eigenvalue weighted by Crippen LogP contribution is -2.31. The van der Waals surface area contributed by atoms with E-state index in [9.17, 15) is 0 Å². The van der Waals surface area contributed by atoms with E-state index in [0.29, 0.717) is 36.3 Å². The first kappa shape index (κ1) is 15.7. The Morgan fingerprint density at radius 3 is 2.50 bits per heavy atom. The average molecular weight is 279 g/mol. The number of ether oxygens (including phenoxy) is 3. The lowest BCUT2D eigenvalue weighted by Gasteiger charge is -2.14. The molecule has 0 atom stereocenters. The van der Waals surface area contributed by atoms with Crippen LogP contribution in [0.3, 0.4) is 0 Å². The van der Waals surface area contributed by atoms with Crippen LogP contribution in [0.5, 0.6) is 17.2 Å². The third kappa shape index (κ3) is 3.81. The van der Waals surface area contributed by atoms with E-state index in [1.54, 1.807) is 33.5 Å². The van der Waals surface area contributed by atoms with Gasteiger partial charge in [-0.3, -0.25) is 0 Å². The Balaban J connectivity index is 2.98.